The standard InChI is InChI=1S/C12H17BrN4O/c1-3-9-12(13)10(17(4-2)15-9)7-16-6-5-14-11(16)8-18/h5-6,18H,3-4,7-8H2,1-2H3. The molecule has 98 valence electrons. The van der Waals surface area contributed by atoms with E-state index < -0.39 is 0 Å². The smallest absolute Gasteiger partial charge is 0.134 e. The van der Waals surface area contributed by atoms with E-state index in [1.807, 2.05) is 15.4 Å². The molecule has 0 atom stereocenters. The molecule has 18 heavy (non-hydrogen) atoms. The molecule has 0 saturated carbocycles. The number of aryl methyl sites for hydroxylation is 2. The van der Waals surface area contributed by atoms with Crippen LogP contribution in [0.15, 0.2) is 16.9 Å². The maximum absolute atomic E-state index is 9.22. The molecule has 0 aliphatic rings. The van der Waals surface area contributed by atoms with Gasteiger partial charge in [0.2, 0.25) is 0 Å². The van der Waals surface area contributed by atoms with E-state index in [0.717, 1.165) is 28.8 Å². The summed E-state index contributed by atoms with van der Waals surface area (Å²) in [7, 11) is 0. The van der Waals surface area contributed by atoms with E-state index in [9.17, 15) is 5.11 Å². The predicted octanol–water partition coefficient (Wildman–Crippen LogP) is 1.97. The lowest BCUT2D eigenvalue weighted by molar-refractivity contribution is 0.266. The molecule has 0 amide bonds. The molecule has 0 aliphatic heterocycles. The molecule has 2 aromatic heterocycles. The highest BCUT2D eigenvalue weighted by Gasteiger charge is 2.15. The van der Waals surface area contributed by atoms with Crippen molar-refractivity contribution in [1.29, 1.82) is 0 Å². The zero-order chi connectivity index (χ0) is 13.1. The van der Waals surface area contributed by atoms with Gasteiger partial charge in [-0.3, -0.25) is 4.68 Å². The van der Waals surface area contributed by atoms with Crippen LogP contribution in [0.25, 0.3) is 0 Å². The Bertz CT molecular complexity index is 532. The number of halogens is 1. The highest BCUT2D eigenvalue weighted by atomic mass is 79.9. The summed E-state index contributed by atoms with van der Waals surface area (Å²) in [5.41, 5.74) is 2.18. The van der Waals surface area contributed by atoms with Crippen LogP contribution in [0.4, 0.5) is 0 Å². The molecule has 0 radical (unpaired) electrons. The third-order valence-corrected chi connectivity index (χ3v) is 3.87. The predicted molar refractivity (Wildman–Crippen MR) is 72.2 cm³/mol. The molecule has 0 bridgehead atoms. The van der Waals surface area contributed by atoms with Crippen molar-refractivity contribution in [1.82, 2.24) is 19.3 Å². The first kappa shape index (κ1) is 13.3. The number of nitrogens with zero attached hydrogens (tertiary/aromatic N) is 4. The Labute approximate surface area is 115 Å². The van der Waals surface area contributed by atoms with Gasteiger partial charge in [-0.2, -0.15) is 5.10 Å². The summed E-state index contributed by atoms with van der Waals surface area (Å²) in [5.74, 6) is 0.670. The molecule has 0 aromatic carbocycles. The number of aliphatic hydroxyl groups is 1. The van der Waals surface area contributed by atoms with E-state index in [0.29, 0.717) is 12.4 Å². The number of hydrogen-bond donors (Lipinski definition) is 1. The van der Waals surface area contributed by atoms with Gasteiger partial charge in [0, 0.05) is 18.9 Å². The van der Waals surface area contributed by atoms with Gasteiger partial charge in [0.1, 0.15) is 12.4 Å². The van der Waals surface area contributed by atoms with Crippen LogP contribution in [-0.2, 0) is 26.1 Å². The molecule has 0 unspecified atom stereocenters. The lowest BCUT2D eigenvalue weighted by Crippen LogP contribution is -2.10. The SMILES string of the molecule is CCc1nn(CC)c(Cn2ccnc2CO)c1Br. The first-order chi connectivity index (χ1) is 8.71. The molecule has 6 heteroatoms. The minimum atomic E-state index is -0.0501. The van der Waals surface area contributed by atoms with Gasteiger partial charge in [0.15, 0.2) is 0 Å². The minimum absolute atomic E-state index is 0.0501. The maximum atomic E-state index is 9.22. The Kier molecular flexibility index (Phi) is 4.19. The summed E-state index contributed by atoms with van der Waals surface area (Å²) < 4.78 is 4.99. The van der Waals surface area contributed by atoms with Gasteiger partial charge in [-0.25, -0.2) is 4.98 Å². The van der Waals surface area contributed by atoms with Crippen LogP contribution in [0.5, 0.6) is 0 Å². The summed E-state index contributed by atoms with van der Waals surface area (Å²) in [4.78, 5) is 4.11. The van der Waals surface area contributed by atoms with Crippen LogP contribution in [0.2, 0.25) is 0 Å². The van der Waals surface area contributed by atoms with Gasteiger partial charge in [0.05, 0.1) is 22.4 Å². The van der Waals surface area contributed by atoms with Crippen molar-refractivity contribution in [3.63, 3.8) is 0 Å². The summed E-state index contributed by atoms with van der Waals surface area (Å²) in [6.45, 7) is 5.61. The number of aliphatic hydroxyl groups excluding tert-OH is 1. The Morgan fingerprint density at radius 2 is 2.17 bits per heavy atom. The third-order valence-electron chi connectivity index (χ3n) is 2.96. The highest BCUT2D eigenvalue weighted by Crippen LogP contribution is 2.23. The van der Waals surface area contributed by atoms with Crippen molar-refractivity contribution in [2.24, 2.45) is 0 Å². The van der Waals surface area contributed by atoms with E-state index >= 15 is 0 Å². The molecule has 0 spiro atoms. The van der Waals surface area contributed by atoms with Gasteiger partial charge in [0.25, 0.3) is 0 Å². The van der Waals surface area contributed by atoms with E-state index in [4.69, 9.17) is 0 Å². The van der Waals surface area contributed by atoms with Gasteiger partial charge in [-0.15, -0.1) is 0 Å². The van der Waals surface area contributed by atoms with Crippen molar-refractivity contribution >= 4 is 15.9 Å². The molecule has 5 nitrogen and oxygen atoms in total. The summed E-state index contributed by atoms with van der Waals surface area (Å²) >= 11 is 3.62. The normalized spacial score (nSPS) is 11.1. The summed E-state index contributed by atoms with van der Waals surface area (Å²) in [5, 5.41) is 13.8. The lowest BCUT2D eigenvalue weighted by Gasteiger charge is -2.08. The topological polar surface area (TPSA) is 55.9 Å². The number of rotatable bonds is 5. The van der Waals surface area contributed by atoms with Crippen molar-refractivity contribution in [3.05, 3.63) is 34.1 Å². The number of imidazole rings is 1. The van der Waals surface area contributed by atoms with Crippen molar-refractivity contribution in [2.75, 3.05) is 0 Å². The fourth-order valence-electron chi connectivity index (χ4n) is 1.97. The van der Waals surface area contributed by atoms with Gasteiger partial charge < -0.3 is 9.67 Å². The Morgan fingerprint density at radius 1 is 1.39 bits per heavy atom. The maximum Gasteiger partial charge on any atom is 0.134 e. The molecule has 0 fully saturated rings. The average Bonchev–Trinajstić information content (AvgIpc) is 2.95. The van der Waals surface area contributed by atoms with Crippen molar-refractivity contribution in [3.8, 4) is 0 Å². The molecule has 2 rings (SSSR count). The molecular weight excluding hydrogens is 296 g/mol. The van der Waals surface area contributed by atoms with E-state index in [2.05, 4.69) is 39.9 Å². The third kappa shape index (κ3) is 2.35. The van der Waals surface area contributed by atoms with E-state index in [1.165, 1.54) is 0 Å². The fourth-order valence-corrected chi connectivity index (χ4v) is 2.66. The molecule has 2 heterocycles. The van der Waals surface area contributed by atoms with Gasteiger partial charge >= 0.3 is 0 Å². The van der Waals surface area contributed by atoms with Crippen molar-refractivity contribution < 1.29 is 5.11 Å². The monoisotopic (exact) mass is 312 g/mol. The first-order valence-corrected chi connectivity index (χ1v) is 6.85. The Morgan fingerprint density at radius 3 is 2.78 bits per heavy atom. The van der Waals surface area contributed by atoms with E-state index in [1.54, 1.807) is 6.20 Å². The molecule has 0 aliphatic carbocycles. The first-order valence-electron chi connectivity index (χ1n) is 6.06. The quantitative estimate of drug-likeness (QED) is 0.918. The van der Waals surface area contributed by atoms with Gasteiger partial charge in [-0.05, 0) is 29.3 Å². The van der Waals surface area contributed by atoms with Crippen LogP contribution in [0, 0.1) is 0 Å². The van der Waals surface area contributed by atoms with Crippen LogP contribution in [-0.4, -0.2) is 24.4 Å². The highest BCUT2D eigenvalue weighted by molar-refractivity contribution is 9.10. The van der Waals surface area contributed by atoms with Crippen molar-refractivity contribution in [2.45, 2.75) is 40.0 Å². The number of aromatic nitrogens is 4. The molecule has 2 aromatic rings. The van der Waals surface area contributed by atoms with Crippen LogP contribution < -0.4 is 0 Å². The van der Waals surface area contributed by atoms with E-state index in [-0.39, 0.29) is 6.61 Å². The largest absolute Gasteiger partial charge is 0.388 e. The average molecular weight is 313 g/mol. The molecule has 1 N–H and O–H groups in total. The zero-order valence-corrected chi connectivity index (χ0v) is 12.2. The molecule has 0 saturated heterocycles. The molecular formula is C12H17BrN4O. The second-order valence-corrected chi connectivity index (χ2v) is 4.80. The van der Waals surface area contributed by atoms with Crippen LogP contribution >= 0.6 is 15.9 Å². The zero-order valence-electron chi connectivity index (χ0n) is 10.6. The fraction of sp³-hybridized carbons (Fsp3) is 0.500. The summed E-state index contributed by atoms with van der Waals surface area (Å²) in [6.07, 6.45) is 4.47. The lowest BCUT2D eigenvalue weighted by atomic mass is 10.3. The summed E-state index contributed by atoms with van der Waals surface area (Å²) in [6, 6.07) is 0. The number of hydrogen-bond acceptors (Lipinski definition) is 3. The second-order valence-electron chi connectivity index (χ2n) is 4.01. The van der Waals surface area contributed by atoms with Crippen LogP contribution in [0.1, 0.15) is 31.1 Å². The Hall–Kier alpha value is -1.14. The van der Waals surface area contributed by atoms with Gasteiger partial charge in [-0.1, -0.05) is 6.92 Å². The Balaban J connectivity index is 2.36. The van der Waals surface area contributed by atoms with Crippen LogP contribution in [0.3, 0.4) is 0 Å². The second kappa shape index (κ2) is 5.67. The minimum Gasteiger partial charge on any atom is -0.388 e.